The summed E-state index contributed by atoms with van der Waals surface area (Å²) in [4.78, 5) is 53.3. The molecule has 0 bridgehead atoms. The smallest absolute Gasteiger partial charge is 0.326 e. The summed E-state index contributed by atoms with van der Waals surface area (Å²) in [6.07, 6.45) is 3.46. The Bertz CT molecular complexity index is 1070. The number of hydrogen-bond acceptors (Lipinski definition) is 7. The Balaban J connectivity index is 2.00. The zero-order valence-electron chi connectivity index (χ0n) is 21.2. The van der Waals surface area contributed by atoms with E-state index in [0.717, 1.165) is 16.5 Å². The Labute approximate surface area is 221 Å². The summed E-state index contributed by atoms with van der Waals surface area (Å²) in [5.41, 5.74) is 13.4. The van der Waals surface area contributed by atoms with Crippen LogP contribution in [-0.2, 0) is 25.6 Å². The molecule has 0 aliphatic heterocycles. The lowest BCUT2D eigenvalue weighted by Crippen LogP contribution is -2.59. The van der Waals surface area contributed by atoms with Gasteiger partial charge in [-0.25, -0.2) is 4.79 Å². The molecule has 9 N–H and O–H groups in total. The molecule has 1 aromatic heterocycles. The number of carboxylic acids is 1. The molecule has 0 fully saturated rings. The van der Waals surface area contributed by atoms with E-state index >= 15 is 0 Å². The number of H-pyrrole nitrogens is 1. The first kappa shape index (κ1) is 30.1. The Hall–Kier alpha value is -3.09. The second-order valence-electron chi connectivity index (χ2n) is 9.33. The molecule has 2 rings (SSSR count). The summed E-state index contributed by atoms with van der Waals surface area (Å²) >= 11 is 4.18. The molecule has 4 unspecified atom stereocenters. The van der Waals surface area contributed by atoms with E-state index in [1.165, 1.54) is 0 Å². The lowest BCUT2D eigenvalue weighted by Gasteiger charge is -2.26. The number of fused-ring (bicyclic) bond motifs is 1. The zero-order chi connectivity index (χ0) is 27.5. The van der Waals surface area contributed by atoms with E-state index in [9.17, 15) is 24.3 Å². The molecule has 1 heterocycles. The monoisotopic (exact) mass is 534 g/mol. The third kappa shape index (κ3) is 8.76. The van der Waals surface area contributed by atoms with Crippen molar-refractivity contribution >= 4 is 47.2 Å². The molecule has 4 atom stereocenters. The van der Waals surface area contributed by atoms with Crippen molar-refractivity contribution in [3.63, 3.8) is 0 Å². The first-order valence-electron chi connectivity index (χ1n) is 12.3. The van der Waals surface area contributed by atoms with E-state index in [-0.39, 0.29) is 24.5 Å². The SMILES string of the molecule is CC(C)C(NC(=O)C(CS)NC(=O)C(N)Cc1c[nH]c2ccccc12)C(=O)NC(CCCCN)C(=O)O. The highest BCUT2D eigenvalue weighted by Crippen LogP contribution is 2.18. The number of carbonyl (C=O) groups is 4. The molecule has 0 radical (unpaired) electrons. The van der Waals surface area contributed by atoms with Gasteiger partial charge >= 0.3 is 5.97 Å². The number of aromatic nitrogens is 1. The van der Waals surface area contributed by atoms with Crippen molar-refractivity contribution in [2.45, 2.75) is 63.7 Å². The molecule has 37 heavy (non-hydrogen) atoms. The predicted octanol–water partition coefficient (Wildman–Crippen LogP) is 0.292. The van der Waals surface area contributed by atoms with E-state index in [0.29, 0.717) is 19.4 Å². The third-order valence-electron chi connectivity index (χ3n) is 6.08. The van der Waals surface area contributed by atoms with Gasteiger partial charge in [0.1, 0.15) is 18.1 Å². The Kier molecular flexibility index (Phi) is 11.9. The van der Waals surface area contributed by atoms with Gasteiger partial charge in [-0.15, -0.1) is 0 Å². The van der Waals surface area contributed by atoms with Gasteiger partial charge in [0.05, 0.1) is 6.04 Å². The number of aliphatic carboxylic acids is 1. The number of aromatic amines is 1. The van der Waals surface area contributed by atoms with Crippen LogP contribution in [0.2, 0.25) is 0 Å². The van der Waals surface area contributed by atoms with Gasteiger partial charge in [-0.3, -0.25) is 14.4 Å². The maximum atomic E-state index is 12.9. The number of benzene rings is 1. The summed E-state index contributed by atoms with van der Waals surface area (Å²) in [5.74, 6) is -3.31. The fourth-order valence-electron chi connectivity index (χ4n) is 3.90. The van der Waals surface area contributed by atoms with Gasteiger partial charge < -0.3 is 37.5 Å². The van der Waals surface area contributed by atoms with Crippen LogP contribution in [0.3, 0.4) is 0 Å². The number of thiol groups is 1. The van der Waals surface area contributed by atoms with Gasteiger partial charge in [0, 0.05) is 22.9 Å². The fraction of sp³-hybridized carbons (Fsp3) is 0.520. The Morgan fingerprint density at radius 1 is 1.00 bits per heavy atom. The van der Waals surface area contributed by atoms with Crippen LogP contribution in [0.1, 0.15) is 38.7 Å². The highest BCUT2D eigenvalue weighted by molar-refractivity contribution is 7.80. The minimum Gasteiger partial charge on any atom is -0.480 e. The third-order valence-corrected chi connectivity index (χ3v) is 6.44. The Morgan fingerprint density at radius 2 is 1.68 bits per heavy atom. The summed E-state index contributed by atoms with van der Waals surface area (Å²) in [7, 11) is 0. The summed E-state index contributed by atoms with van der Waals surface area (Å²) < 4.78 is 0. The van der Waals surface area contributed by atoms with Crippen molar-refractivity contribution in [1.82, 2.24) is 20.9 Å². The quantitative estimate of drug-likeness (QED) is 0.119. The maximum absolute atomic E-state index is 12.9. The fourth-order valence-corrected chi connectivity index (χ4v) is 4.16. The number of para-hydroxylation sites is 1. The highest BCUT2D eigenvalue weighted by Gasteiger charge is 2.31. The van der Waals surface area contributed by atoms with E-state index in [1.807, 2.05) is 24.3 Å². The molecule has 0 spiro atoms. The van der Waals surface area contributed by atoms with Crippen LogP contribution in [0, 0.1) is 5.92 Å². The van der Waals surface area contributed by atoms with Crippen LogP contribution in [0.15, 0.2) is 30.5 Å². The van der Waals surface area contributed by atoms with Crippen LogP contribution in [0.5, 0.6) is 0 Å². The zero-order valence-corrected chi connectivity index (χ0v) is 22.1. The molecule has 0 aliphatic rings. The van der Waals surface area contributed by atoms with Crippen molar-refractivity contribution in [1.29, 1.82) is 0 Å². The average Bonchev–Trinajstić information content (AvgIpc) is 3.27. The van der Waals surface area contributed by atoms with Crippen molar-refractivity contribution in [3.8, 4) is 0 Å². The van der Waals surface area contributed by atoms with E-state index in [1.54, 1.807) is 20.0 Å². The van der Waals surface area contributed by atoms with Gasteiger partial charge in [0.25, 0.3) is 0 Å². The summed E-state index contributed by atoms with van der Waals surface area (Å²) in [5, 5.41) is 18.1. The van der Waals surface area contributed by atoms with Crippen LogP contribution in [0.25, 0.3) is 10.9 Å². The molecular formula is C25H38N6O5S. The van der Waals surface area contributed by atoms with Crippen molar-refractivity contribution in [2.24, 2.45) is 17.4 Å². The Morgan fingerprint density at radius 3 is 2.30 bits per heavy atom. The van der Waals surface area contributed by atoms with Crippen LogP contribution in [-0.4, -0.2) is 70.2 Å². The van der Waals surface area contributed by atoms with Crippen molar-refractivity contribution in [3.05, 3.63) is 36.0 Å². The number of amides is 3. The standard InChI is InChI=1S/C25H38N6O5S/c1-14(2)21(24(34)29-19(25(35)36)9-5-6-10-26)31-23(33)20(13-37)30-22(32)17(27)11-15-12-28-18-8-4-3-7-16(15)18/h3-4,7-8,12,14,17,19-21,28,37H,5-6,9-11,13,26-27H2,1-2H3,(H,29,34)(H,30,32)(H,31,33)(H,35,36). The first-order chi connectivity index (χ1) is 17.6. The highest BCUT2D eigenvalue weighted by atomic mass is 32.1. The minimum atomic E-state index is -1.16. The lowest BCUT2D eigenvalue weighted by molar-refractivity contribution is -0.142. The molecule has 0 aliphatic carbocycles. The van der Waals surface area contributed by atoms with Crippen LogP contribution >= 0.6 is 12.6 Å². The van der Waals surface area contributed by atoms with Gasteiger partial charge in [0.15, 0.2) is 0 Å². The number of nitrogens with one attached hydrogen (secondary N) is 4. The molecule has 0 saturated carbocycles. The number of carbonyl (C=O) groups excluding carboxylic acids is 3. The molecule has 1 aromatic carbocycles. The summed E-state index contributed by atoms with van der Waals surface area (Å²) in [6, 6.07) is 3.59. The van der Waals surface area contributed by atoms with E-state index in [2.05, 4.69) is 33.6 Å². The van der Waals surface area contributed by atoms with Gasteiger partial charge in [0.2, 0.25) is 17.7 Å². The maximum Gasteiger partial charge on any atom is 0.326 e. The first-order valence-corrected chi connectivity index (χ1v) is 13.0. The summed E-state index contributed by atoms with van der Waals surface area (Å²) in [6.45, 7) is 3.87. The number of unbranched alkanes of at least 4 members (excludes halogenated alkanes) is 1. The van der Waals surface area contributed by atoms with Gasteiger partial charge in [-0.2, -0.15) is 12.6 Å². The molecule has 12 heteroatoms. The number of carboxylic acid groups (broad SMARTS) is 1. The normalized spacial score (nSPS) is 14.5. The van der Waals surface area contributed by atoms with E-state index < -0.39 is 47.9 Å². The molecule has 3 amide bonds. The van der Waals surface area contributed by atoms with Crippen molar-refractivity contribution < 1.29 is 24.3 Å². The second kappa shape index (κ2) is 14.6. The lowest BCUT2D eigenvalue weighted by atomic mass is 10.0. The molecular weight excluding hydrogens is 496 g/mol. The van der Waals surface area contributed by atoms with E-state index in [4.69, 9.17) is 11.5 Å². The number of nitrogens with two attached hydrogens (primary N) is 2. The van der Waals surface area contributed by atoms with Crippen LogP contribution < -0.4 is 27.4 Å². The topological polar surface area (TPSA) is 192 Å². The van der Waals surface area contributed by atoms with Gasteiger partial charge in [-0.1, -0.05) is 32.0 Å². The van der Waals surface area contributed by atoms with Crippen molar-refractivity contribution in [2.75, 3.05) is 12.3 Å². The minimum absolute atomic E-state index is 0.0271. The molecule has 0 saturated heterocycles. The largest absolute Gasteiger partial charge is 0.480 e. The number of hydrogen-bond donors (Lipinski definition) is 8. The van der Waals surface area contributed by atoms with Gasteiger partial charge in [-0.05, 0) is 49.8 Å². The average molecular weight is 535 g/mol. The molecule has 11 nitrogen and oxygen atoms in total. The molecule has 2 aromatic rings. The predicted molar refractivity (Wildman–Crippen MR) is 145 cm³/mol. The second-order valence-corrected chi connectivity index (χ2v) is 9.69. The number of rotatable bonds is 15. The molecule has 204 valence electrons. The van der Waals surface area contributed by atoms with Crippen LogP contribution in [0.4, 0.5) is 0 Å².